The zero-order valence-corrected chi connectivity index (χ0v) is 11.4. The third kappa shape index (κ3) is 3.17. The van der Waals surface area contributed by atoms with Crippen LogP contribution in [-0.2, 0) is 0 Å². The van der Waals surface area contributed by atoms with Gasteiger partial charge in [-0.1, -0.05) is 0 Å². The Morgan fingerprint density at radius 2 is 1.94 bits per heavy atom. The summed E-state index contributed by atoms with van der Waals surface area (Å²) in [6, 6.07) is 0. The molecule has 1 fully saturated rings. The van der Waals surface area contributed by atoms with Gasteiger partial charge in [0, 0.05) is 32.4 Å². The summed E-state index contributed by atoms with van der Waals surface area (Å²) in [7, 11) is 0. The topological polar surface area (TPSA) is 58.3 Å². The number of anilines is 1. The molecule has 0 radical (unpaired) electrons. The summed E-state index contributed by atoms with van der Waals surface area (Å²) in [5.74, 6) is 1.05. The lowest BCUT2D eigenvalue weighted by atomic mass is 10.2. The van der Waals surface area contributed by atoms with E-state index in [2.05, 4.69) is 19.8 Å². The first-order valence-corrected chi connectivity index (χ1v) is 6.68. The van der Waals surface area contributed by atoms with E-state index in [9.17, 15) is 0 Å². The normalized spacial score (nSPS) is 17.2. The Labute approximate surface area is 109 Å². The van der Waals surface area contributed by atoms with Crippen molar-refractivity contribution in [3.63, 3.8) is 0 Å². The molecule has 5 heteroatoms. The van der Waals surface area contributed by atoms with Crippen molar-refractivity contribution < 1.29 is 0 Å². The van der Waals surface area contributed by atoms with Crippen molar-refractivity contribution in [1.29, 1.82) is 0 Å². The molecule has 0 aromatic carbocycles. The predicted octanol–water partition coefficient (Wildman–Crippen LogP) is 0.564. The summed E-state index contributed by atoms with van der Waals surface area (Å²) in [5, 5.41) is 0. The molecule has 2 rings (SSSR count). The van der Waals surface area contributed by atoms with Crippen molar-refractivity contribution in [1.82, 2.24) is 14.9 Å². The van der Waals surface area contributed by atoms with E-state index in [0.717, 1.165) is 62.9 Å². The summed E-state index contributed by atoms with van der Waals surface area (Å²) in [6.45, 7) is 10.2. The number of nitrogens with zero attached hydrogens (tertiary/aromatic N) is 4. The predicted molar refractivity (Wildman–Crippen MR) is 73.8 cm³/mol. The molecule has 1 saturated heterocycles. The number of rotatable bonds is 4. The SMILES string of the molecule is Cc1cnc(C)c(N2CCN(CCCN)CC2)n1. The van der Waals surface area contributed by atoms with Crippen molar-refractivity contribution in [3.8, 4) is 0 Å². The van der Waals surface area contributed by atoms with Gasteiger partial charge in [0.1, 0.15) is 5.82 Å². The van der Waals surface area contributed by atoms with Gasteiger partial charge in [-0.25, -0.2) is 4.98 Å². The van der Waals surface area contributed by atoms with Gasteiger partial charge in [-0.05, 0) is 33.4 Å². The van der Waals surface area contributed by atoms with Crippen molar-refractivity contribution in [2.24, 2.45) is 5.73 Å². The van der Waals surface area contributed by atoms with E-state index in [4.69, 9.17) is 5.73 Å². The van der Waals surface area contributed by atoms with Crippen LogP contribution in [0.15, 0.2) is 6.20 Å². The van der Waals surface area contributed by atoms with Crippen LogP contribution in [0.3, 0.4) is 0 Å². The minimum Gasteiger partial charge on any atom is -0.353 e. The number of aryl methyl sites for hydroxylation is 2. The van der Waals surface area contributed by atoms with Crippen LogP contribution >= 0.6 is 0 Å². The van der Waals surface area contributed by atoms with E-state index >= 15 is 0 Å². The van der Waals surface area contributed by atoms with Crippen molar-refractivity contribution >= 4 is 5.82 Å². The molecule has 1 aliphatic rings. The second kappa shape index (κ2) is 6.11. The summed E-state index contributed by atoms with van der Waals surface area (Å²) < 4.78 is 0. The van der Waals surface area contributed by atoms with E-state index < -0.39 is 0 Å². The Bertz CT molecular complexity index is 385. The molecule has 100 valence electrons. The van der Waals surface area contributed by atoms with Gasteiger partial charge in [0.25, 0.3) is 0 Å². The summed E-state index contributed by atoms with van der Waals surface area (Å²) in [4.78, 5) is 13.8. The van der Waals surface area contributed by atoms with Crippen LogP contribution < -0.4 is 10.6 Å². The number of aromatic nitrogens is 2. The fourth-order valence-electron chi connectivity index (χ4n) is 2.32. The van der Waals surface area contributed by atoms with Gasteiger partial charge in [-0.3, -0.25) is 9.88 Å². The lowest BCUT2D eigenvalue weighted by Gasteiger charge is -2.35. The van der Waals surface area contributed by atoms with Gasteiger partial charge in [-0.2, -0.15) is 0 Å². The average Bonchev–Trinajstić information content (AvgIpc) is 2.40. The molecule has 0 amide bonds. The van der Waals surface area contributed by atoms with Gasteiger partial charge < -0.3 is 10.6 Å². The fourth-order valence-corrected chi connectivity index (χ4v) is 2.32. The summed E-state index contributed by atoms with van der Waals surface area (Å²) in [6.07, 6.45) is 2.92. The Morgan fingerprint density at radius 3 is 2.61 bits per heavy atom. The first-order valence-electron chi connectivity index (χ1n) is 6.68. The Morgan fingerprint density at radius 1 is 1.22 bits per heavy atom. The molecule has 0 unspecified atom stereocenters. The van der Waals surface area contributed by atoms with Gasteiger partial charge in [0.05, 0.1) is 11.4 Å². The van der Waals surface area contributed by atoms with Gasteiger partial charge in [0.15, 0.2) is 0 Å². The molecule has 2 heterocycles. The highest BCUT2D eigenvalue weighted by atomic mass is 15.3. The molecule has 0 spiro atoms. The van der Waals surface area contributed by atoms with Gasteiger partial charge in [0.2, 0.25) is 0 Å². The molecular formula is C13H23N5. The molecule has 0 aliphatic carbocycles. The van der Waals surface area contributed by atoms with E-state index in [0.29, 0.717) is 0 Å². The molecular weight excluding hydrogens is 226 g/mol. The molecule has 1 aromatic rings. The Kier molecular flexibility index (Phi) is 4.49. The lowest BCUT2D eigenvalue weighted by Crippen LogP contribution is -2.47. The smallest absolute Gasteiger partial charge is 0.150 e. The molecule has 2 N–H and O–H groups in total. The minimum absolute atomic E-state index is 0.780. The second-order valence-corrected chi connectivity index (χ2v) is 4.89. The molecule has 18 heavy (non-hydrogen) atoms. The maximum atomic E-state index is 5.55. The van der Waals surface area contributed by atoms with E-state index in [-0.39, 0.29) is 0 Å². The minimum atomic E-state index is 0.780. The third-order valence-electron chi connectivity index (χ3n) is 3.40. The van der Waals surface area contributed by atoms with E-state index in [1.807, 2.05) is 20.0 Å². The third-order valence-corrected chi connectivity index (χ3v) is 3.40. The Hall–Kier alpha value is -1.20. The average molecular weight is 249 g/mol. The van der Waals surface area contributed by atoms with Crippen LogP contribution in [0, 0.1) is 13.8 Å². The number of hydrogen-bond acceptors (Lipinski definition) is 5. The van der Waals surface area contributed by atoms with Crippen LogP contribution in [0.5, 0.6) is 0 Å². The summed E-state index contributed by atoms with van der Waals surface area (Å²) >= 11 is 0. The van der Waals surface area contributed by atoms with Crippen molar-refractivity contribution in [3.05, 3.63) is 17.6 Å². The summed E-state index contributed by atoms with van der Waals surface area (Å²) in [5.41, 5.74) is 7.56. The zero-order valence-electron chi connectivity index (χ0n) is 11.4. The maximum Gasteiger partial charge on any atom is 0.150 e. The number of hydrogen-bond donors (Lipinski definition) is 1. The van der Waals surface area contributed by atoms with Crippen LogP contribution in [0.2, 0.25) is 0 Å². The van der Waals surface area contributed by atoms with E-state index in [1.54, 1.807) is 0 Å². The highest BCUT2D eigenvalue weighted by molar-refractivity contribution is 5.43. The monoisotopic (exact) mass is 249 g/mol. The van der Waals surface area contributed by atoms with Crippen LogP contribution in [0.1, 0.15) is 17.8 Å². The van der Waals surface area contributed by atoms with Crippen LogP contribution in [0.25, 0.3) is 0 Å². The van der Waals surface area contributed by atoms with Gasteiger partial charge >= 0.3 is 0 Å². The van der Waals surface area contributed by atoms with Gasteiger partial charge in [-0.15, -0.1) is 0 Å². The number of piperazine rings is 1. The molecule has 5 nitrogen and oxygen atoms in total. The van der Waals surface area contributed by atoms with Crippen LogP contribution in [0.4, 0.5) is 5.82 Å². The first-order chi connectivity index (χ1) is 8.70. The molecule has 0 atom stereocenters. The fraction of sp³-hybridized carbons (Fsp3) is 0.692. The quantitative estimate of drug-likeness (QED) is 0.845. The second-order valence-electron chi connectivity index (χ2n) is 4.89. The molecule has 1 aliphatic heterocycles. The molecule has 1 aromatic heterocycles. The number of nitrogens with two attached hydrogens (primary N) is 1. The standard InChI is InChI=1S/C13H23N5/c1-11-10-15-12(2)13(16-11)18-8-6-17(7-9-18)5-3-4-14/h10H,3-9,14H2,1-2H3. The lowest BCUT2D eigenvalue weighted by molar-refractivity contribution is 0.255. The zero-order chi connectivity index (χ0) is 13.0. The first kappa shape index (κ1) is 13.2. The maximum absolute atomic E-state index is 5.55. The highest BCUT2D eigenvalue weighted by Crippen LogP contribution is 2.17. The Balaban J connectivity index is 1.94. The van der Waals surface area contributed by atoms with E-state index in [1.165, 1.54) is 0 Å². The highest BCUT2D eigenvalue weighted by Gasteiger charge is 2.19. The molecule has 0 bridgehead atoms. The van der Waals surface area contributed by atoms with Crippen molar-refractivity contribution in [2.45, 2.75) is 20.3 Å². The molecule has 0 saturated carbocycles. The van der Waals surface area contributed by atoms with Crippen molar-refractivity contribution in [2.75, 3.05) is 44.2 Å². The largest absolute Gasteiger partial charge is 0.353 e. The van der Waals surface area contributed by atoms with Crippen LogP contribution in [-0.4, -0.2) is 54.1 Å².